The molecule has 6 nitrogen and oxygen atoms in total. The molecule has 23 heavy (non-hydrogen) atoms. The van der Waals surface area contributed by atoms with E-state index in [2.05, 4.69) is 4.72 Å². The van der Waals surface area contributed by atoms with E-state index in [1.165, 1.54) is 12.1 Å². The van der Waals surface area contributed by atoms with Crippen LogP contribution in [0.15, 0.2) is 17.0 Å². The monoisotopic (exact) mass is 382 g/mol. The van der Waals surface area contributed by atoms with Gasteiger partial charge in [0.1, 0.15) is 18.1 Å². The molecule has 3 N–H and O–H groups in total. The number of rotatable bonds is 3. The average molecular weight is 383 g/mol. The Balaban J connectivity index is 0.00000192. The summed E-state index contributed by atoms with van der Waals surface area (Å²) in [6, 6.07) is 2.97. The normalized spacial score (nSPS) is 23.9. The summed E-state index contributed by atoms with van der Waals surface area (Å²) in [5, 5.41) is 0.129. The number of hydrogen-bond donors (Lipinski definition) is 2. The van der Waals surface area contributed by atoms with Gasteiger partial charge in [-0.25, -0.2) is 13.1 Å². The molecule has 0 bridgehead atoms. The molecule has 130 valence electrons. The second kappa shape index (κ2) is 7.44. The van der Waals surface area contributed by atoms with Gasteiger partial charge in [0.05, 0.1) is 5.02 Å². The van der Waals surface area contributed by atoms with Crippen LogP contribution in [-0.2, 0) is 10.0 Å². The number of benzene rings is 1. The van der Waals surface area contributed by atoms with Crippen LogP contribution in [0.25, 0.3) is 0 Å². The number of hydrogen-bond acceptors (Lipinski definition) is 5. The van der Waals surface area contributed by atoms with Crippen molar-refractivity contribution in [2.45, 2.75) is 42.7 Å². The Labute approximate surface area is 147 Å². The van der Waals surface area contributed by atoms with Gasteiger partial charge in [-0.3, -0.25) is 0 Å². The van der Waals surface area contributed by atoms with E-state index in [1.54, 1.807) is 0 Å². The molecule has 1 aliphatic carbocycles. The molecule has 2 aliphatic rings. The lowest BCUT2D eigenvalue weighted by Gasteiger charge is -2.27. The van der Waals surface area contributed by atoms with Crippen LogP contribution in [0.4, 0.5) is 0 Å². The zero-order chi connectivity index (χ0) is 15.7. The summed E-state index contributed by atoms with van der Waals surface area (Å²) < 4.78 is 38.7. The number of halogens is 2. The molecule has 9 heteroatoms. The predicted octanol–water partition coefficient (Wildman–Crippen LogP) is 2.08. The highest BCUT2D eigenvalue weighted by Crippen LogP contribution is 2.37. The fourth-order valence-corrected chi connectivity index (χ4v) is 4.61. The Morgan fingerprint density at radius 1 is 1.09 bits per heavy atom. The van der Waals surface area contributed by atoms with Gasteiger partial charge >= 0.3 is 0 Å². The van der Waals surface area contributed by atoms with Gasteiger partial charge < -0.3 is 15.2 Å². The smallest absolute Gasteiger partial charge is 0.242 e. The Hall–Kier alpha value is -0.730. The second-order valence-electron chi connectivity index (χ2n) is 5.66. The van der Waals surface area contributed by atoms with Gasteiger partial charge in [-0.15, -0.1) is 12.4 Å². The molecule has 0 unspecified atom stereocenters. The highest BCUT2D eigenvalue weighted by Gasteiger charge is 2.27. The fourth-order valence-electron chi connectivity index (χ4n) is 2.77. The first-order valence-corrected chi connectivity index (χ1v) is 9.19. The van der Waals surface area contributed by atoms with Crippen molar-refractivity contribution in [3.63, 3.8) is 0 Å². The van der Waals surface area contributed by atoms with Gasteiger partial charge in [0.15, 0.2) is 11.5 Å². The van der Waals surface area contributed by atoms with Gasteiger partial charge in [-0.05, 0) is 25.7 Å². The summed E-state index contributed by atoms with van der Waals surface area (Å²) in [5.41, 5.74) is 5.84. The van der Waals surface area contributed by atoms with E-state index in [0.717, 1.165) is 25.7 Å². The third-order valence-electron chi connectivity index (χ3n) is 3.98. The zero-order valence-electron chi connectivity index (χ0n) is 12.5. The van der Waals surface area contributed by atoms with E-state index >= 15 is 0 Å². The highest BCUT2D eigenvalue weighted by molar-refractivity contribution is 7.89. The van der Waals surface area contributed by atoms with Crippen LogP contribution in [-0.4, -0.2) is 33.7 Å². The average Bonchev–Trinajstić information content (AvgIpc) is 2.48. The Morgan fingerprint density at radius 3 is 2.26 bits per heavy atom. The molecule has 1 heterocycles. The Bertz CT molecular complexity index is 661. The van der Waals surface area contributed by atoms with E-state index in [0.29, 0.717) is 24.7 Å². The van der Waals surface area contributed by atoms with Crippen molar-refractivity contribution in [3.8, 4) is 11.5 Å². The molecule has 0 atom stereocenters. The molecule has 0 spiro atoms. The van der Waals surface area contributed by atoms with E-state index in [-0.39, 0.29) is 34.4 Å². The maximum atomic E-state index is 12.6. The minimum Gasteiger partial charge on any atom is -0.486 e. The van der Waals surface area contributed by atoms with Crippen molar-refractivity contribution < 1.29 is 17.9 Å². The van der Waals surface area contributed by atoms with Crippen molar-refractivity contribution in [1.29, 1.82) is 0 Å². The van der Waals surface area contributed by atoms with Crippen molar-refractivity contribution in [2.24, 2.45) is 5.73 Å². The second-order valence-corrected chi connectivity index (χ2v) is 7.75. The standard InChI is InChI=1S/C14H19ClN2O4S.ClH/c15-11-7-12-13(21-6-5-20-12)8-14(11)22(18,19)17-10-3-1-9(16)2-4-10;/h7-10,17H,1-6,16H2;1H. The third-order valence-corrected chi connectivity index (χ3v) is 5.97. The van der Waals surface area contributed by atoms with Crippen LogP contribution >= 0.6 is 24.0 Å². The number of ether oxygens (including phenoxy) is 2. The van der Waals surface area contributed by atoms with Crippen LogP contribution in [0.5, 0.6) is 11.5 Å². The van der Waals surface area contributed by atoms with Crippen molar-refractivity contribution in [1.82, 2.24) is 4.72 Å². The fraction of sp³-hybridized carbons (Fsp3) is 0.571. The molecule has 0 amide bonds. The highest BCUT2D eigenvalue weighted by atomic mass is 35.5. The molecule has 0 aromatic heterocycles. The number of fused-ring (bicyclic) bond motifs is 1. The van der Waals surface area contributed by atoms with Crippen molar-refractivity contribution >= 4 is 34.0 Å². The lowest BCUT2D eigenvalue weighted by molar-refractivity contribution is 0.171. The van der Waals surface area contributed by atoms with E-state index in [9.17, 15) is 8.42 Å². The molecule has 1 aliphatic heterocycles. The SMILES string of the molecule is Cl.NC1CCC(NS(=O)(=O)c2cc3c(cc2Cl)OCCO3)CC1. The van der Waals surface area contributed by atoms with Crippen LogP contribution in [0, 0.1) is 0 Å². The Morgan fingerprint density at radius 2 is 1.65 bits per heavy atom. The summed E-state index contributed by atoms with van der Waals surface area (Å²) in [6.45, 7) is 0.818. The number of sulfonamides is 1. The molecule has 1 fully saturated rings. The van der Waals surface area contributed by atoms with Crippen LogP contribution in [0.1, 0.15) is 25.7 Å². The molecule has 1 aromatic rings. The minimum atomic E-state index is -3.70. The zero-order valence-corrected chi connectivity index (χ0v) is 14.8. The summed E-state index contributed by atoms with van der Waals surface area (Å²) in [6.07, 6.45) is 3.12. The quantitative estimate of drug-likeness (QED) is 0.834. The molecule has 1 saturated carbocycles. The Kier molecular flexibility index (Phi) is 6.02. The molecule has 0 radical (unpaired) electrons. The topological polar surface area (TPSA) is 90.7 Å². The van der Waals surface area contributed by atoms with E-state index < -0.39 is 10.0 Å². The first kappa shape index (κ1) is 18.6. The van der Waals surface area contributed by atoms with Crippen LogP contribution < -0.4 is 19.9 Å². The summed E-state index contributed by atoms with van der Waals surface area (Å²) in [5.74, 6) is 0.875. The summed E-state index contributed by atoms with van der Waals surface area (Å²) >= 11 is 6.11. The molecular formula is C14H20Cl2N2O4S. The molecule has 1 aromatic carbocycles. The van der Waals surface area contributed by atoms with Crippen molar-refractivity contribution in [3.05, 3.63) is 17.2 Å². The summed E-state index contributed by atoms with van der Waals surface area (Å²) in [7, 11) is -3.70. The van der Waals surface area contributed by atoms with Crippen LogP contribution in [0.3, 0.4) is 0 Å². The molecule has 0 saturated heterocycles. The van der Waals surface area contributed by atoms with Gasteiger partial charge in [-0.2, -0.15) is 0 Å². The first-order valence-electron chi connectivity index (χ1n) is 7.33. The van der Waals surface area contributed by atoms with E-state index in [4.69, 9.17) is 26.8 Å². The first-order chi connectivity index (χ1) is 10.5. The lowest BCUT2D eigenvalue weighted by atomic mass is 9.93. The summed E-state index contributed by atoms with van der Waals surface area (Å²) in [4.78, 5) is 0.0216. The lowest BCUT2D eigenvalue weighted by Crippen LogP contribution is -2.40. The predicted molar refractivity (Wildman–Crippen MR) is 90.2 cm³/mol. The van der Waals surface area contributed by atoms with Gasteiger partial charge in [0.2, 0.25) is 10.0 Å². The van der Waals surface area contributed by atoms with Gasteiger partial charge in [-0.1, -0.05) is 11.6 Å². The largest absolute Gasteiger partial charge is 0.486 e. The maximum absolute atomic E-state index is 12.6. The van der Waals surface area contributed by atoms with Crippen molar-refractivity contribution in [2.75, 3.05) is 13.2 Å². The van der Waals surface area contributed by atoms with E-state index in [1.807, 2.05) is 0 Å². The number of nitrogens with two attached hydrogens (primary N) is 1. The minimum absolute atomic E-state index is 0. The van der Waals surface area contributed by atoms with Gasteiger partial charge in [0.25, 0.3) is 0 Å². The maximum Gasteiger partial charge on any atom is 0.242 e. The number of nitrogens with one attached hydrogen (secondary N) is 1. The third kappa shape index (κ3) is 4.22. The van der Waals surface area contributed by atoms with Gasteiger partial charge in [0, 0.05) is 24.2 Å². The molecule has 3 rings (SSSR count). The molecular weight excluding hydrogens is 363 g/mol. The van der Waals surface area contributed by atoms with Crippen LogP contribution in [0.2, 0.25) is 5.02 Å².